The summed E-state index contributed by atoms with van der Waals surface area (Å²) in [4.78, 5) is 21.4. The molecule has 0 saturated heterocycles. The van der Waals surface area contributed by atoms with Crippen LogP contribution in [0.3, 0.4) is 0 Å². The van der Waals surface area contributed by atoms with Gasteiger partial charge in [0.05, 0.1) is 30.3 Å². The number of amides is 1. The molecule has 3 rings (SSSR count). The Balaban J connectivity index is 1.75. The smallest absolute Gasteiger partial charge is 0.254 e. The zero-order valence-corrected chi connectivity index (χ0v) is 18.3. The highest BCUT2D eigenvalue weighted by molar-refractivity contribution is 7.99. The van der Waals surface area contributed by atoms with Gasteiger partial charge < -0.3 is 15.4 Å². The highest BCUT2D eigenvalue weighted by atomic mass is 32.2. The molecule has 0 aliphatic carbocycles. The van der Waals surface area contributed by atoms with Crippen LogP contribution in [0.1, 0.15) is 24.2 Å². The highest BCUT2D eigenvalue weighted by Gasteiger charge is 2.15. The fourth-order valence-corrected chi connectivity index (χ4v) is 3.52. The van der Waals surface area contributed by atoms with Crippen molar-refractivity contribution in [3.63, 3.8) is 0 Å². The van der Waals surface area contributed by atoms with E-state index in [2.05, 4.69) is 39.5 Å². The SMILES string of the molecule is COCCNc1nc(SC(C)C)nc2c1cnn2CCNC(=O)c1ccc(F)cc1F. The molecule has 1 amide bonds. The summed E-state index contributed by atoms with van der Waals surface area (Å²) < 4.78 is 33.5. The van der Waals surface area contributed by atoms with Crippen LogP contribution in [0.25, 0.3) is 11.0 Å². The maximum atomic E-state index is 13.8. The van der Waals surface area contributed by atoms with Crippen LogP contribution in [0.4, 0.5) is 14.6 Å². The fraction of sp³-hybridized carbons (Fsp3) is 0.400. The largest absolute Gasteiger partial charge is 0.383 e. The lowest BCUT2D eigenvalue weighted by Crippen LogP contribution is -2.28. The summed E-state index contributed by atoms with van der Waals surface area (Å²) >= 11 is 1.53. The summed E-state index contributed by atoms with van der Waals surface area (Å²) in [6.45, 7) is 5.72. The number of thioether (sulfide) groups is 1. The average molecular weight is 451 g/mol. The number of carbonyl (C=O) groups excluding carboxylic acids is 1. The van der Waals surface area contributed by atoms with Crippen LogP contribution in [0.15, 0.2) is 29.6 Å². The number of hydrogen-bond acceptors (Lipinski definition) is 7. The quantitative estimate of drug-likeness (QED) is 0.278. The third-order valence-electron chi connectivity index (χ3n) is 4.20. The Morgan fingerprint density at radius 3 is 2.77 bits per heavy atom. The average Bonchev–Trinajstić information content (AvgIpc) is 3.10. The molecule has 0 spiro atoms. The lowest BCUT2D eigenvalue weighted by Gasteiger charge is -2.11. The van der Waals surface area contributed by atoms with Gasteiger partial charge in [-0.25, -0.2) is 23.4 Å². The first-order valence-electron chi connectivity index (χ1n) is 9.75. The van der Waals surface area contributed by atoms with E-state index in [1.807, 2.05) is 0 Å². The maximum absolute atomic E-state index is 13.8. The van der Waals surface area contributed by atoms with Crippen molar-refractivity contribution in [2.24, 2.45) is 0 Å². The Bertz CT molecular complexity index is 1060. The molecule has 2 N–H and O–H groups in total. The van der Waals surface area contributed by atoms with Crippen LogP contribution in [0.5, 0.6) is 0 Å². The summed E-state index contributed by atoms with van der Waals surface area (Å²) in [5, 5.41) is 11.9. The van der Waals surface area contributed by atoms with E-state index in [1.165, 1.54) is 11.8 Å². The molecule has 0 saturated carbocycles. The lowest BCUT2D eigenvalue weighted by atomic mass is 10.2. The standard InChI is InChI=1S/C20H24F2N6O2S/c1-12(2)31-20-26-17(23-7-9-30-3)15-11-25-28(18(15)27-20)8-6-24-19(29)14-5-4-13(21)10-16(14)22/h4-5,10-12H,6-9H2,1-3H3,(H,24,29)(H,23,26,27). The van der Waals surface area contributed by atoms with Gasteiger partial charge in [0, 0.05) is 31.5 Å². The van der Waals surface area contributed by atoms with Gasteiger partial charge in [0.15, 0.2) is 10.8 Å². The van der Waals surface area contributed by atoms with Gasteiger partial charge in [-0.05, 0) is 12.1 Å². The number of hydrogen-bond donors (Lipinski definition) is 2. The minimum atomic E-state index is -0.906. The van der Waals surface area contributed by atoms with Crippen molar-refractivity contribution in [3.8, 4) is 0 Å². The highest BCUT2D eigenvalue weighted by Crippen LogP contribution is 2.26. The van der Waals surface area contributed by atoms with E-state index in [0.717, 1.165) is 17.5 Å². The van der Waals surface area contributed by atoms with E-state index < -0.39 is 17.5 Å². The van der Waals surface area contributed by atoms with E-state index in [-0.39, 0.29) is 12.1 Å². The van der Waals surface area contributed by atoms with E-state index in [9.17, 15) is 13.6 Å². The van der Waals surface area contributed by atoms with Gasteiger partial charge in [-0.3, -0.25) is 4.79 Å². The van der Waals surface area contributed by atoms with Gasteiger partial charge in [0.1, 0.15) is 17.5 Å². The topological polar surface area (TPSA) is 94.0 Å². The second kappa shape index (κ2) is 10.5. The van der Waals surface area contributed by atoms with Gasteiger partial charge in [-0.1, -0.05) is 25.6 Å². The fourth-order valence-electron chi connectivity index (χ4n) is 2.81. The Kier molecular flexibility index (Phi) is 7.75. The number of benzene rings is 1. The lowest BCUT2D eigenvalue weighted by molar-refractivity contribution is 0.0948. The Labute approximate surface area is 182 Å². The minimum absolute atomic E-state index is 0.190. The van der Waals surface area contributed by atoms with Crippen molar-refractivity contribution in [3.05, 3.63) is 41.6 Å². The van der Waals surface area contributed by atoms with Crippen molar-refractivity contribution < 1.29 is 18.3 Å². The van der Waals surface area contributed by atoms with Crippen LogP contribution in [-0.2, 0) is 11.3 Å². The zero-order valence-electron chi connectivity index (χ0n) is 17.5. The van der Waals surface area contributed by atoms with E-state index >= 15 is 0 Å². The summed E-state index contributed by atoms with van der Waals surface area (Å²) in [5.74, 6) is -1.60. The first-order chi connectivity index (χ1) is 14.9. The van der Waals surface area contributed by atoms with Crippen molar-refractivity contribution in [2.45, 2.75) is 30.8 Å². The second-order valence-corrected chi connectivity index (χ2v) is 8.47. The van der Waals surface area contributed by atoms with Crippen LogP contribution >= 0.6 is 11.8 Å². The number of ether oxygens (including phenoxy) is 1. The van der Waals surface area contributed by atoms with Crippen LogP contribution in [0, 0.1) is 11.6 Å². The molecule has 31 heavy (non-hydrogen) atoms. The molecule has 2 heterocycles. The summed E-state index contributed by atoms with van der Waals surface area (Å²) in [5.41, 5.74) is 0.412. The molecular weight excluding hydrogens is 426 g/mol. The molecule has 166 valence electrons. The Hall–Kier alpha value is -2.79. The Morgan fingerprint density at radius 1 is 1.26 bits per heavy atom. The van der Waals surface area contributed by atoms with E-state index in [4.69, 9.17) is 4.74 Å². The predicted octanol–water partition coefficient (Wildman–Crippen LogP) is 3.09. The molecule has 0 aliphatic heterocycles. The molecule has 11 heteroatoms. The van der Waals surface area contributed by atoms with Crippen molar-refractivity contribution in [1.82, 2.24) is 25.1 Å². The number of aromatic nitrogens is 4. The number of nitrogens with one attached hydrogen (secondary N) is 2. The number of anilines is 1. The van der Waals surface area contributed by atoms with Crippen LogP contribution < -0.4 is 10.6 Å². The van der Waals surface area contributed by atoms with Gasteiger partial charge in [-0.15, -0.1) is 0 Å². The number of nitrogens with zero attached hydrogens (tertiary/aromatic N) is 4. The number of carbonyl (C=O) groups is 1. The summed E-state index contributed by atoms with van der Waals surface area (Å²) in [6, 6.07) is 2.84. The molecule has 0 bridgehead atoms. The van der Waals surface area contributed by atoms with Gasteiger partial charge in [0.2, 0.25) is 0 Å². The molecule has 0 radical (unpaired) electrons. The number of methoxy groups -OCH3 is 1. The normalized spacial score (nSPS) is 11.3. The van der Waals surface area contributed by atoms with Gasteiger partial charge in [-0.2, -0.15) is 5.10 Å². The van der Waals surface area contributed by atoms with Crippen molar-refractivity contribution in [1.29, 1.82) is 0 Å². The second-order valence-electron chi connectivity index (χ2n) is 6.93. The zero-order chi connectivity index (χ0) is 22.4. The van der Waals surface area contributed by atoms with Crippen molar-refractivity contribution >= 4 is 34.5 Å². The molecule has 8 nitrogen and oxygen atoms in total. The van der Waals surface area contributed by atoms with Gasteiger partial charge >= 0.3 is 0 Å². The third-order valence-corrected chi connectivity index (χ3v) is 5.07. The molecule has 0 fully saturated rings. The monoisotopic (exact) mass is 450 g/mol. The molecule has 2 aromatic heterocycles. The molecule has 1 aromatic carbocycles. The number of rotatable bonds is 10. The Morgan fingerprint density at radius 2 is 2.06 bits per heavy atom. The first kappa shape index (κ1) is 22.9. The van der Waals surface area contributed by atoms with Crippen molar-refractivity contribution in [2.75, 3.05) is 32.1 Å². The number of halogens is 2. The molecule has 3 aromatic rings. The summed E-state index contributed by atoms with van der Waals surface area (Å²) in [6.07, 6.45) is 1.66. The molecule has 0 unspecified atom stereocenters. The molecular formula is C20H24F2N6O2S. The third kappa shape index (κ3) is 5.88. The minimum Gasteiger partial charge on any atom is -0.383 e. The molecule has 0 atom stereocenters. The van der Waals surface area contributed by atoms with E-state index in [1.54, 1.807) is 18.0 Å². The predicted molar refractivity (Wildman–Crippen MR) is 115 cm³/mol. The first-order valence-corrected chi connectivity index (χ1v) is 10.6. The maximum Gasteiger partial charge on any atom is 0.254 e. The molecule has 0 aliphatic rings. The number of fused-ring (bicyclic) bond motifs is 1. The summed E-state index contributed by atoms with van der Waals surface area (Å²) in [7, 11) is 1.63. The van der Waals surface area contributed by atoms with E-state index in [0.29, 0.717) is 47.6 Å². The van der Waals surface area contributed by atoms with Crippen LogP contribution in [-0.4, -0.2) is 57.7 Å². The van der Waals surface area contributed by atoms with Crippen LogP contribution in [0.2, 0.25) is 0 Å². The van der Waals surface area contributed by atoms with Gasteiger partial charge in [0.25, 0.3) is 5.91 Å².